The molecule has 0 radical (unpaired) electrons. The Kier molecular flexibility index (Phi) is 5.05. The number of halogens is 4. The number of alkyl halides is 3. The van der Waals surface area contributed by atoms with E-state index in [1.807, 2.05) is 0 Å². The van der Waals surface area contributed by atoms with Crippen LogP contribution in [0.5, 0.6) is 0 Å². The van der Waals surface area contributed by atoms with Gasteiger partial charge in [-0.2, -0.15) is 13.2 Å². The molecule has 2 aliphatic heterocycles. The predicted octanol–water partition coefficient (Wildman–Crippen LogP) is 2.17. The number of nitrogens with zero attached hydrogens (tertiary/aromatic N) is 4. The SMILES string of the molecule is Fc1cnc(N2CC3(CCN(CC4CC4)C3)C2)nc1.O=C(O)C(F)(F)F. The molecule has 144 valence electrons. The summed E-state index contributed by atoms with van der Waals surface area (Å²) in [6.45, 7) is 5.82. The van der Waals surface area contributed by atoms with Gasteiger partial charge in [0, 0.05) is 31.6 Å². The predicted molar refractivity (Wildman–Crippen MR) is 84.1 cm³/mol. The Bertz CT molecular complexity index is 643. The largest absolute Gasteiger partial charge is 0.490 e. The molecule has 0 aromatic carbocycles. The van der Waals surface area contributed by atoms with Gasteiger partial charge in [-0.1, -0.05) is 0 Å². The van der Waals surface area contributed by atoms with Crippen molar-refractivity contribution in [3.05, 3.63) is 18.2 Å². The second kappa shape index (κ2) is 6.98. The van der Waals surface area contributed by atoms with Crippen LogP contribution in [0.4, 0.5) is 23.5 Å². The molecule has 26 heavy (non-hydrogen) atoms. The monoisotopic (exact) mass is 376 g/mol. The molecule has 0 unspecified atom stereocenters. The quantitative estimate of drug-likeness (QED) is 0.816. The van der Waals surface area contributed by atoms with Crippen molar-refractivity contribution in [2.24, 2.45) is 11.3 Å². The van der Waals surface area contributed by atoms with Gasteiger partial charge in [-0.05, 0) is 31.7 Å². The van der Waals surface area contributed by atoms with Crippen molar-refractivity contribution in [1.82, 2.24) is 14.9 Å². The smallest absolute Gasteiger partial charge is 0.475 e. The topological polar surface area (TPSA) is 69.6 Å². The highest BCUT2D eigenvalue weighted by molar-refractivity contribution is 5.73. The van der Waals surface area contributed by atoms with E-state index in [2.05, 4.69) is 19.8 Å². The number of carboxylic acid groups (broad SMARTS) is 1. The van der Waals surface area contributed by atoms with Crippen molar-refractivity contribution in [3.8, 4) is 0 Å². The number of likely N-dealkylation sites (tertiary alicyclic amines) is 1. The van der Waals surface area contributed by atoms with Crippen LogP contribution in [0, 0.1) is 17.2 Å². The van der Waals surface area contributed by atoms with Gasteiger partial charge >= 0.3 is 12.1 Å². The van der Waals surface area contributed by atoms with Gasteiger partial charge in [-0.3, -0.25) is 0 Å². The first kappa shape index (κ1) is 18.8. The van der Waals surface area contributed by atoms with Crippen molar-refractivity contribution >= 4 is 11.9 Å². The average molecular weight is 376 g/mol. The molecule has 1 saturated carbocycles. The molecule has 2 saturated heterocycles. The fourth-order valence-electron chi connectivity index (χ4n) is 3.48. The summed E-state index contributed by atoms with van der Waals surface area (Å²) in [5.41, 5.74) is 0.451. The Morgan fingerprint density at radius 1 is 1.23 bits per heavy atom. The summed E-state index contributed by atoms with van der Waals surface area (Å²) >= 11 is 0. The molecule has 4 rings (SSSR count). The fraction of sp³-hybridized carbons (Fsp3) is 0.688. The summed E-state index contributed by atoms with van der Waals surface area (Å²) in [6, 6.07) is 0. The van der Waals surface area contributed by atoms with Crippen LogP contribution in [-0.4, -0.2) is 64.8 Å². The van der Waals surface area contributed by atoms with E-state index < -0.39 is 12.1 Å². The van der Waals surface area contributed by atoms with Crippen LogP contribution < -0.4 is 4.90 Å². The average Bonchev–Trinajstić information content (AvgIpc) is 3.23. The normalized spacial score (nSPS) is 21.9. The Balaban J connectivity index is 0.000000242. The minimum Gasteiger partial charge on any atom is -0.475 e. The van der Waals surface area contributed by atoms with Gasteiger partial charge in [-0.25, -0.2) is 19.2 Å². The summed E-state index contributed by atoms with van der Waals surface area (Å²) in [7, 11) is 0. The Morgan fingerprint density at radius 2 is 1.81 bits per heavy atom. The molecule has 1 aromatic rings. The molecule has 0 atom stereocenters. The van der Waals surface area contributed by atoms with Gasteiger partial charge in [0.15, 0.2) is 5.82 Å². The van der Waals surface area contributed by atoms with Crippen molar-refractivity contribution in [3.63, 3.8) is 0 Å². The molecule has 1 aliphatic carbocycles. The molecule has 10 heteroatoms. The number of hydrogen-bond acceptors (Lipinski definition) is 5. The molecule has 3 fully saturated rings. The standard InChI is InChI=1S/C14H19FN4.C2HF3O2/c15-12-5-16-13(17-6-12)19-9-14(10-19)3-4-18(8-14)7-11-1-2-11;3-2(4,5)1(6)7/h5-6,11H,1-4,7-10H2;(H,6,7). The van der Waals surface area contributed by atoms with Crippen LogP contribution >= 0.6 is 0 Å². The van der Waals surface area contributed by atoms with E-state index in [-0.39, 0.29) is 5.82 Å². The van der Waals surface area contributed by atoms with Gasteiger partial charge in [0.1, 0.15) is 0 Å². The molecule has 1 spiro atoms. The van der Waals surface area contributed by atoms with E-state index in [4.69, 9.17) is 9.90 Å². The zero-order valence-corrected chi connectivity index (χ0v) is 14.0. The lowest BCUT2D eigenvalue weighted by Crippen LogP contribution is -2.58. The first-order valence-electron chi connectivity index (χ1n) is 8.42. The van der Waals surface area contributed by atoms with Gasteiger partial charge in [0.05, 0.1) is 12.4 Å². The Hall–Kier alpha value is -1.97. The second-order valence-electron chi connectivity index (χ2n) is 7.29. The summed E-state index contributed by atoms with van der Waals surface area (Å²) in [4.78, 5) is 21.8. The number of aliphatic carboxylic acids is 1. The number of carbonyl (C=O) groups is 1. The summed E-state index contributed by atoms with van der Waals surface area (Å²) in [6.07, 6.45) is 1.57. The highest BCUT2D eigenvalue weighted by atomic mass is 19.4. The number of rotatable bonds is 3. The second-order valence-corrected chi connectivity index (χ2v) is 7.29. The van der Waals surface area contributed by atoms with E-state index in [9.17, 15) is 17.6 Å². The third-order valence-corrected chi connectivity index (χ3v) is 4.92. The minimum atomic E-state index is -5.08. The van der Waals surface area contributed by atoms with Crippen LogP contribution in [0.2, 0.25) is 0 Å². The molecule has 1 N–H and O–H groups in total. The van der Waals surface area contributed by atoms with E-state index in [0.29, 0.717) is 11.4 Å². The van der Waals surface area contributed by atoms with Crippen LogP contribution in [0.1, 0.15) is 19.3 Å². The molecular formula is C16H20F4N4O2. The van der Waals surface area contributed by atoms with Gasteiger partial charge < -0.3 is 14.9 Å². The molecule has 0 amide bonds. The van der Waals surface area contributed by atoms with Crippen LogP contribution in [0.3, 0.4) is 0 Å². The van der Waals surface area contributed by atoms with E-state index >= 15 is 0 Å². The lowest BCUT2D eigenvalue weighted by molar-refractivity contribution is -0.192. The van der Waals surface area contributed by atoms with Gasteiger partial charge in [0.25, 0.3) is 0 Å². The highest BCUT2D eigenvalue weighted by Gasteiger charge is 2.48. The molecular weight excluding hydrogens is 356 g/mol. The summed E-state index contributed by atoms with van der Waals surface area (Å²) in [5.74, 6) is -1.47. The van der Waals surface area contributed by atoms with Crippen molar-refractivity contribution < 1.29 is 27.5 Å². The maximum Gasteiger partial charge on any atom is 0.490 e. The highest BCUT2D eigenvalue weighted by Crippen LogP contribution is 2.42. The Morgan fingerprint density at radius 3 is 2.31 bits per heavy atom. The minimum absolute atomic E-state index is 0.365. The van der Waals surface area contributed by atoms with Crippen molar-refractivity contribution in [1.29, 1.82) is 0 Å². The summed E-state index contributed by atoms with van der Waals surface area (Å²) < 4.78 is 44.5. The van der Waals surface area contributed by atoms with Crippen LogP contribution in [0.25, 0.3) is 0 Å². The van der Waals surface area contributed by atoms with Crippen molar-refractivity contribution in [2.75, 3.05) is 37.6 Å². The van der Waals surface area contributed by atoms with Gasteiger partial charge in [0.2, 0.25) is 5.95 Å². The number of carboxylic acids is 1. The number of aromatic nitrogens is 2. The van der Waals surface area contributed by atoms with Crippen LogP contribution in [0.15, 0.2) is 12.4 Å². The third kappa shape index (κ3) is 4.60. The lowest BCUT2D eigenvalue weighted by atomic mass is 9.79. The number of hydrogen-bond donors (Lipinski definition) is 1. The Labute approximate surface area is 147 Å². The first-order chi connectivity index (χ1) is 12.2. The molecule has 1 aromatic heterocycles. The first-order valence-corrected chi connectivity index (χ1v) is 8.42. The number of anilines is 1. The van der Waals surface area contributed by atoms with E-state index in [1.54, 1.807) is 0 Å². The molecule has 6 nitrogen and oxygen atoms in total. The molecule has 3 aliphatic rings. The van der Waals surface area contributed by atoms with Gasteiger partial charge in [-0.15, -0.1) is 0 Å². The maximum absolute atomic E-state index is 12.8. The van der Waals surface area contributed by atoms with E-state index in [1.165, 1.54) is 51.3 Å². The fourth-order valence-corrected chi connectivity index (χ4v) is 3.48. The van der Waals surface area contributed by atoms with E-state index in [0.717, 1.165) is 19.0 Å². The molecule has 0 bridgehead atoms. The van der Waals surface area contributed by atoms with Crippen LogP contribution in [-0.2, 0) is 4.79 Å². The zero-order chi connectivity index (χ0) is 18.9. The third-order valence-electron chi connectivity index (χ3n) is 4.92. The summed E-state index contributed by atoms with van der Waals surface area (Å²) in [5, 5.41) is 7.12. The zero-order valence-electron chi connectivity index (χ0n) is 14.0. The molecule has 3 heterocycles. The lowest BCUT2D eigenvalue weighted by Gasteiger charge is -2.48. The van der Waals surface area contributed by atoms with Crippen molar-refractivity contribution in [2.45, 2.75) is 25.4 Å². The maximum atomic E-state index is 12.8.